The number of fused-ring (bicyclic) bond motifs is 2. The predicted octanol–water partition coefficient (Wildman–Crippen LogP) is 6.12. The number of benzene rings is 3. The SMILES string of the molecule is FC(F)(F)Cc1c2ccccc2c(C(F)(F)F)c2ccccc12. The molecule has 6 heteroatoms. The molecular weight excluding hydrogens is 318 g/mol. The lowest BCUT2D eigenvalue weighted by atomic mass is 9.90. The van der Waals surface area contributed by atoms with Gasteiger partial charge in [0.1, 0.15) is 0 Å². The summed E-state index contributed by atoms with van der Waals surface area (Å²) in [6.07, 6.45) is -10.4. The van der Waals surface area contributed by atoms with Crippen LogP contribution in [0.3, 0.4) is 0 Å². The Hall–Kier alpha value is -2.24. The van der Waals surface area contributed by atoms with E-state index in [0.29, 0.717) is 0 Å². The summed E-state index contributed by atoms with van der Waals surface area (Å²) < 4.78 is 79.2. The zero-order valence-corrected chi connectivity index (χ0v) is 11.6. The smallest absolute Gasteiger partial charge is 0.171 e. The molecule has 0 bridgehead atoms. The molecule has 0 N–H and O–H groups in total. The number of halogens is 6. The maximum atomic E-state index is 13.5. The van der Waals surface area contributed by atoms with Crippen LogP contribution in [0.2, 0.25) is 0 Å². The van der Waals surface area contributed by atoms with E-state index in [4.69, 9.17) is 0 Å². The molecule has 0 aliphatic heterocycles. The molecule has 0 aliphatic carbocycles. The van der Waals surface area contributed by atoms with Crippen LogP contribution in [0.4, 0.5) is 26.3 Å². The van der Waals surface area contributed by atoms with Crippen LogP contribution >= 0.6 is 0 Å². The van der Waals surface area contributed by atoms with Crippen molar-refractivity contribution in [3.63, 3.8) is 0 Å². The number of hydrogen-bond acceptors (Lipinski definition) is 0. The second-order valence-electron chi connectivity index (χ2n) is 5.23. The van der Waals surface area contributed by atoms with Gasteiger partial charge in [-0.2, -0.15) is 26.3 Å². The molecule has 0 aromatic heterocycles. The first-order valence-electron chi connectivity index (χ1n) is 6.75. The normalized spacial score (nSPS) is 13.0. The second-order valence-corrected chi connectivity index (χ2v) is 5.23. The summed E-state index contributed by atoms with van der Waals surface area (Å²) in [6.45, 7) is 0. The molecule has 0 saturated heterocycles. The molecule has 3 aromatic carbocycles. The predicted molar refractivity (Wildman–Crippen MR) is 76.2 cm³/mol. The van der Waals surface area contributed by atoms with Gasteiger partial charge in [-0.25, -0.2) is 0 Å². The maximum absolute atomic E-state index is 13.5. The Kier molecular flexibility index (Phi) is 3.50. The van der Waals surface area contributed by atoms with E-state index >= 15 is 0 Å². The molecule has 3 aromatic rings. The summed E-state index contributed by atoms with van der Waals surface area (Å²) in [6, 6.07) is 10.7. The van der Waals surface area contributed by atoms with Crippen molar-refractivity contribution in [1.29, 1.82) is 0 Å². The Labute approximate surface area is 127 Å². The van der Waals surface area contributed by atoms with Crippen LogP contribution in [-0.2, 0) is 12.6 Å². The van der Waals surface area contributed by atoms with Crippen molar-refractivity contribution < 1.29 is 26.3 Å². The summed E-state index contributed by atoms with van der Waals surface area (Å²) in [4.78, 5) is 0. The van der Waals surface area contributed by atoms with Crippen LogP contribution in [0, 0.1) is 0 Å². The topological polar surface area (TPSA) is 0 Å². The lowest BCUT2D eigenvalue weighted by Gasteiger charge is -2.19. The third-order valence-corrected chi connectivity index (χ3v) is 3.70. The van der Waals surface area contributed by atoms with E-state index in [1.807, 2.05) is 0 Å². The van der Waals surface area contributed by atoms with Crippen molar-refractivity contribution in [3.8, 4) is 0 Å². The lowest BCUT2D eigenvalue weighted by molar-refractivity contribution is -0.135. The second kappa shape index (κ2) is 5.15. The molecule has 0 unspecified atom stereocenters. The number of rotatable bonds is 1. The Morgan fingerprint density at radius 3 is 1.35 bits per heavy atom. The van der Waals surface area contributed by atoms with Crippen molar-refractivity contribution in [3.05, 3.63) is 59.7 Å². The molecule has 0 atom stereocenters. The van der Waals surface area contributed by atoms with E-state index in [1.165, 1.54) is 48.5 Å². The highest BCUT2D eigenvalue weighted by Crippen LogP contribution is 2.43. The zero-order chi connectivity index (χ0) is 16.8. The van der Waals surface area contributed by atoms with Gasteiger partial charge in [0.05, 0.1) is 12.0 Å². The van der Waals surface area contributed by atoms with Crippen LogP contribution in [0.15, 0.2) is 48.5 Å². The van der Waals surface area contributed by atoms with Crippen LogP contribution in [0.25, 0.3) is 21.5 Å². The molecule has 0 spiro atoms. The fraction of sp³-hybridized carbons (Fsp3) is 0.176. The molecule has 0 radical (unpaired) electrons. The molecular formula is C17H10F6. The first-order chi connectivity index (χ1) is 10.7. The van der Waals surface area contributed by atoms with Gasteiger partial charge in [-0.15, -0.1) is 0 Å². The van der Waals surface area contributed by atoms with E-state index in [0.717, 1.165) is 0 Å². The summed E-state index contributed by atoms with van der Waals surface area (Å²) in [5.74, 6) is 0. The minimum atomic E-state index is -4.66. The van der Waals surface area contributed by atoms with E-state index in [9.17, 15) is 26.3 Å². The molecule has 0 saturated carbocycles. The minimum Gasteiger partial charge on any atom is -0.171 e. The van der Waals surface area contributed by atoms with E-state index in [2.05, 4.69) is 0 Å². The molecule has 0 fully saturated rings. The van der Waals surface area contributed by atoms with Crippen molar-refractivity contribution in [2.45, 2.75) is 18.8 Å². The summed E-state index contributed by atoms with van der Waals surface area (Å²) in [5, 5.41) is -0.456. The highest BCUT2D eigenvalue weighted by atomic mass is 19.4. The van der Waals surface area contributed by atoms with Gasteiger partial charge in [0.15, 0.2) is 0 Å². The van der Waals surface area contributed by atoms with Gasteiger partial charge in [0.25, 0.3) is 0 Å². The minimum absolute atomic E-state index is 0.0177. The summed E-state index contributed by atoms with van der Waals surface area (Å²) in [7, 11) is 0. The van der Waals surface area contributed by atoms with Crippen molar-refractivity contribution in [1.82, 2.24) is 0 Å². The van der Waals surface area contributed by atoms with Gasteiger partial charge in [0, 0.05) is 0 Å². The van der Waals surface area contributed by atoms with E-state index < -0.39 is 24.3 Å². The number of hydrogen-bond donors (Lipinski definition) is 0. The van der Waals surface area contributed by atoms with Crippen LogP contribution in [0.1, 0.15) is 11.1 Å². The molecule has 0 amide bonds. The highest BCUT2D eigenvalue weighted by Gasteiger charge is 2.37. The zero-order valence-electron chi connectivity index (χ0n) is 11.6. The molecule has 3 rings (SSSR count). The molecule has 120 valence electrons. The van der Waals surface area contributed by atoms with Gasteiger partial charge in [-0.3, -0.25) is 0 Å². The Bertz CT molecular complexity index is 817. The Morgan fingerprint density at radius 2 is 1.00 bits per heavy atom. The molecule has 23 heavy (non-hydrogen) atoms. The fourth-order valence-corrected chi connectivity index (χ4v) is 2.92. The van der Waals surface area contributed by atoms with Crippen molar-refractivity contribution in [2.24, 2.45) is 0 Å². The molecule has 0 nitrogen and oxygen atoms in total. The monoisotopic (exact) mass is 328 g/mol. The average molecular weight is 328 g/mol. The first kappa shape index (κ1) is 15.6. The van der Waals surface area contributed by atoms with Crippen LogP contribution < -0.4 is 0 Å². The molecule has 0 aliphatic rings. The Balaban J connectivity index is 2.52. The van der Waals surface area contributed by atoms with Gasteiger partial charge < -0.3 is 0 Å². The fourth-order valence-electron chi connectivity index (χ4n) is 2.92. The average Bonchev–Trinajstić information content (AvgIpc) is 2.44. The Morgan fingerprint density at radius 1 is 0.609 bits per heavy atom. The first-order valence-corrected chi connectivity index (χ1v) is 6.75. The van der Waals surface area contributed by atoms with Crippen LogP contribution in [0.5, 0.6) is 0 Å². The van der Waals surface area contributed by atoms with E-state index in [-0.39, 0.29) is 27.1 Å². The third-order valence-electron chi connectivity index (χ3n) is 3.70. The summed E-state index contributed by atoms with van der Waals surface area (Å²) >= 11 is 0. The maximum Gasteiger partial charge on any atom is 0.417 e. The number of alkyl halides is 6. The molecule has 0 heterocycles. The van der Waals surface area contributed by atoms with Crippen molar-refractivity contribution in [2.75, 3.05) is 0 Å². The summed E-state index contributed by atoms with van der Waals surface area (Å²) in [5.41, 5.74) is -1.02. The third kappa shape index (κ3) is 2.85. The standard InChI is InChI=1S/C17H10F6/c18-16(19,20)9-14-10-5-1-3-7-12(10)15(17(21,22)23)13-8-4-2-6-11(13)14/h1-8H,9H2. The highest BCUT2D eigenvalue weighted by molar-refractivity contribution is 6.06. The van der Waals surface area contributed by atoms with Gasteiger partial charge >= 0.3 is 12.4 Å². The van der Waals surface area contributed by atoms with Gasteiger partial charge in [-0.05, 0) is 27.1 Å². The van der Waals surface area contributed by atoms with Gasteiger partial charge in [-0.1, -0.05) is 48.5 Å². The van der Waals surface area contributed by atoms with Gasteiger partial charge in [0.2, 0.25) is 0 Å². The lowest BCUT2D eigenvalue weighted by Crippen LogP contribution is -2.14. The van der Waals surface area contributed by atoms with E-state index in [1.54, 1.807) is 0 Å². The van der Waals surface area contributed by atoms with Crippen molar-refractivity contribution >= 4 is 21.5 Å². The largest absolute Gasteiger partial charge is 0.417 e. The quantitative estimate of drug-likeness (QED) is 0.373. The van der Waals surface area contributed by atoms with Crippen LogP contribution in [-0.4, -0.2) is 6.18 Å².